The lowest BCUT2D eigenvalue weighted by Gasteiger charge is -2.07. The molecule has 28 heavy (non-hydrogen) atoms. The minimum absolute atomic E-state index is 0.144. The normalized spacial score (nSPS) is 10.9. The first-order chi connectivity index (χ1) is 13.8. The maximum absolute atomic E-state index is 12.8. The van der Waals surface area contributed by atoms with Crippen molar-refractivity contribution >= 4 is 22.2 Å². The number of amides is 1. The number of aromatic nitrogens is 2. The number of carbonyl (C=O) groups excluding carboxylic acids is 1. The molecule has 2 aromatic heterocycles. The molecule has 1 N–H and O–H groups in total. The van der Waals surface area contributed by atoms with E-state index in [0.29, 0.717) is 12.2 Å². The lowest BCUT2D eigenvalue weighted by Crippen LogP contribution is -2.25. The van der Waals surface area contributed by atoms with Crippen molar-refractivity contribution < 1.29 is 9.53 Å². The maximum Gasteiger partial charge on any atom is 0.272 e. The maximum atomic E-state index is 12.8. The molecule has 0 fully saturated rings. The van der Waals surface area contributed by atoms with Gasteiger partial charge in [0.15, 0.2) is 10.7 Å². The van der Waals surface area contributed by atoms with Gasteiger partial charge in [0.05, 0.1) is 12.8 Å². The number of thiazole rings is 1. The van der Waals surface area contributed by atoms with Crippen LogP contribution in [-0.2, 0) is 6.42 Å². The van der Waals surface area contributed by atoms with E-state index < -0.39 is 0 Å². The molecule has 2 aromatic carbocycles. The summed E-state index contributed by atoms with van der Waals surface area (Å²) in [6.07, 6.45) is 3.76. The molecule has 0 bridgehead atoms. The number of nitrogens with one attached hydrogen (secondary N) is 1. The fourth-order valence-corrected chi connectivity index (χ4v) is 3.91. The molecule has 0 saturated carbocycles. The Morgan fingerprint density at radius 2 is 1.93 bits per heavy atom. The van der Waals surface area contributed by atoms with Crippen molar-refractivity contribution in [2.75, 3.05) is 13.7 Å². The molecule has 0 atom stereocenters. The molecule has 142 valence electrons. The summed E-state index contributed by atoms with van der Waals surface area (Å²) in [5.74, 6) is 0.636. The summed E-state index contributed by atoms with van der Waals surface area (Å²) in [5.41, 5.74) is 3.47. The van der Waals surface area contributed by atoms with Crippen LogP contribution in [0.4, 0.5) is 0 Å². The molecule has 0 saturated heterocycles. The van der Waals surface area contributed by atoms with Crippen molar-refractivity contribution in [2.24, 2.45) is 0 Å². The Labute approximate surface area is 167 Å². The standard InChI is InChI=1S/C22H21N3O2S/c1-27-18-11-9-17(10-12-18)20-19(24-22-25(20)14-15-28-22)21(26)23-13-5-8-16-6-3-2-4-7-16/h2-4,6-7,9-12,14-15H,5,8,13H2,1H3,(H,23,26). The van der Waals surface area contributed by atoms with Gasteiger partial charge in [0.1, 0.15) is 5.75 Å². The van der Waals surface area contributed by atoms with Crippen molar-refractivity contribution in [2.45, 2.75) is 12.8 Å². The number of hydrogen-bond acceptors (Lipinski definition) is 4. The van der Waals surface area contributed by atoms with Gasteiger partial charge < -0.3 is 10.1 Å². The highest BCUT2D eigenvalue weighted by atomic mass is 32.1. The average Bonchev–Trinajstić information content (AvgIpc) is 3.33. The number of ether oxygens (including phenoxy) is 1. The summed E-state index contributed by atoms with van der Waals surface area (Å²) in [4.78, 5) is 18.2. The lowest BCUT2D eigenvalue weighted by atomic mass is 10.1. The molecule has 0 aliphatic rings. The number of carbonyl (C=O) groups is 1. The Kier molecular flexibility index (Phi) is 5.39. The first-order valence-corrected chi connectivity index (χ1v) is 10.1. The molecule has 4 aromatic rings. The van der Waals surface area contributed by atoms with Crippen LogP contribution in [0.1, 0.15) is 22.5 Å². The van der Waals surface area contributed by atoms with E-state index in [0.717, 1.165) is 34.8 Å². The van der Waals surface area contributed by atoms with Gasteiger partial charge in [-0.3, -0.25) is 9.20 Å². The van der Waals surface area contributed by atoms with Crippen LogP contribution in [0.2, 0.25) is 0 Å². The van der Waals surface area contributed by atoms with Crippen LogP contribution in [0.3, 0.4) is 0 Å². The van der Waals surface area contributed by atoms with Gasteiger partial charge in [-0.05, 0) is 42.7 Å². The van der Waals surface area contributed by atoms with Crippen molar-refractivity contribution in [3.63, 3.8) is 0 Å². The van der Waals surface area contributed by atoms with Crippen LogP contribution in [0.15, 0.2) is 66.2 Å². The van der Waals surface area contributed by atoms with E-state index in [1.165, 1.54) is 16.9 Å². The minimum Gasteiger partial charge on any atom is -0.497 e. The predicted octanol–water partition coefficient (Wildman–Crippen LogP) is 4.43. The van der Waals surface area contributed by atoms with Gasteiger partial charge >= 0.3 is 0 Å². The number of hydrogen-bond donors (Lipinski definition) is 1. The van der Waals surface area contributed by atoms with Gasteiger partial charge in [-0.15, -0.1) is 11.3 Å². The van der Waals surface area contributed by atoms with Crippen LogP contribution in [-0.4, -0.2) is 28.9 Å². The highest BCUT2D eigenvalue weighted by Crippen LogP contribution is 2.29. The molecular weight excluding hydrogens is 370 g/mol. The van der Waals surface area contributed by atoms with Crippen molar-refractivity contribution in [1.82, 2.24) is 14.7 Å². The largest absolute Gasteiger partial charge is 0.497 e. The highest BCUT2D eigenvalue weighted by Gasteiger charge is 2.20. The fraction of sp³-hybridized carbons (Fsp3) is 0.182. The van der Waals surface area contributed by atoms with E-state index in [1.807, 2.05) is 58.4 Å². The molecule has 2 heterocycles. The van der Waals surface area contributed by atoms with E-state index in [1.54, 1.807) is 7.11 Å². The van der Waals surface area contributed by atoms with E-state index in [9.17, 15) is 4.79 Å². The molecule has 5 nitrogen and oxygen atoms in total. The molecule has 1 amide bonds. The third-order valence-corrected chi connectivity index (χ3v) is 5.37. The zero-order valence-electron chi connectivity index (χ0n) is 15.6. The molecule has 0 spiro atoms. The van der Waals surface area contributed by atoms with Crippen LogP contribution in [0.25, 0.3) is 16.2 Å². The van der Waals surface area contributed by atoms with Gasteiger partial charge in [0.25, 0.3) is 5.91 Å². The van der Waals surface area contributed by atoms with E-state index in [-0.39, 0.29) is 5.91 Å². The monoisotopic (exact) mass is 391 g/mol. The Hall–Kier alpha value is -3.12. The van der Waals surface area contributed by atoms with Gasteiger partial charge in [-0.2, -0.15) is 0 Å². The second-order valence-electron chi connectivity index (χ2n) is 6.44. The van der Waals surface area contributed by atoms with Crippen molar-refractivity contribution in [3.05, 3.63) is 77.4 Å². The summed E-state index contributed by atoms with van der Waals surface area (Å²) < 4.78 is 7.20. The number of aryl methyl sites for hydroxylation is 1. The second kappa shape index (κ2) is 8.27. The summed E-state index contributed by atoms with van der Waals surface area (Å²) >= 11 is 1.51. The first kappa shape index (κ1) is 18.3. The van der Waals surface area contributed by atoms with E-state index in [4.69, 9.17) is 4.74 Å². The number of benzene rings is 2. The summed E-state index contributed by atoms with van der Waals surface area (Å²) in [6, 6.07) is 18.0. The number of nitrogens with zero attached hydrogens (tertiary/aromatic N) is 2. The van der Waals surface area contributed by atoms with Gasteiger partial charge in [-0.1, -0.05) is 30.3 Å². The molecule has 6 heteroatoms. The number of fused-ring (bicyclic) bond motifs is 1. The van der Waals surface area contributed by atoms with Crippen LogP contribution < -0.4 is 10.1 Å². The van der Waals surface area contributed by atoms with Crippen LogP contribution in [0.5, 0.6) is 5.75 Å². The highest BCUT2D eigenvalue weighted by molar-refractivity contribution is 7.15. The third-order valence-electron chi connectivity index (χ3n) is 4.61. The van der Waals surface area contributed by atoms with Gasteiger partial charge in [-0.25, -0.2) is 4.98 Å². The van der Waals surface area contributed by atoms with Crippen molar-refractivity contribution in [3.8, 4) is 17.0 Å². The zero-order valence-corrected chi connectivity index (χ0v) is 16.4. The number of methoxy groups -OCH3 is 1. The predicted molar refractivity (Wildman–Crippen MR) is 112 cm³/mol. The molecule has 0 unspecified atom stereocenters. The molecule has 0 aliphatic heterocycles. The Balaban J connectivity index is 1.51. The smallest absolute Gasteiger partial charge is 0.272 e. The number of rotatable bonds is 7. The molecule has 0 aliphatic carbocycles. The lowest BCUT2D eigenvalue weighted by molar-refractivity contribution is 0.0949. The first-order valence-electron chi connectivity index (χ1n) is 9.18. The number of imidazole rings is 1. The average molecular weight is 391 g/mol. The minimum atomic E-state index is -0.144. The van der Waals surface area contributed by atoms with Crippen molar-refractivity contribution in [1.29, 1.82) is 0 Å². The third kappa shape index (κ3) is 3.77. The van der Waals surface area contributed by atoms with E-state index >= 15 is 0 Å². The van der Waals surface area contributed by atoms with Crippen LogP contribution >= 0.6 is 11.3 Å². The quantitative estimate of drug-likeness (QED) is 0.474. The Morgan fingerprint density at radius 3 is 2.68 bits per heavy atom. The molecule has 0 radical (unpaired) electrons. The SMILES string of the molecule is COc1ccc(-c2c(C(=O)NCCCc3ccccc3)nc3sccn23)cc1. The summed E-state index contributed by atoms with van der Waals surface area (Å²) in [7, 11) is 1.64. The fourth-order valence-electron chi connectivity index (χ4n) is 3.19. The van der Waals surface area contributed by atoms with Gasteiger partial charge in [0, 0.05) is 23.7 Å². The topological polar surface area (TPSA) is 55.6 Å². The zero-order chi connectivity index (χ0) is 19.3. The molecular formula is C22H21N3O2S. The summed E-state index contributed by atoms with van der Waals surface area (Å²) in [6.45, 7) is 0.612. The molecule has 4 rings (SSSR count). The van der Waals surface area contributed by atoms with Crippen LogP contribution in [0, 0.1) is 0 Å². The van der Waals surface area contributed by atoms with Gasteiger partial charge in [0.2, 0.25) is 0 Å². The second-order valence-corrected chi connectivity index (χ2v) is 7.31. The van der Waals surface area contributed by atoms with E-state index in [2.05, 4.69) is 22.4 Å². The Morgan fingerprint density at radius 1 is 1.14 bits per heavy atom. The summed E-state index contributed by atoms with van der Waals surface area (Å²) in [5, 5.41) is 4.99. The Bertz CT molecular complexity index is 1070.